The summed E-state index contributed by atoms with van der Waals surface area (Å²) in [5.41, 5.74) is 1.13. The predicted octanol–water partition coefficient (Wildman–Crippen LogP) is 3.31. The minimum Gasteiger partial charge on any atom is -0.381 e. The number of carbonyl (C=O) groups is 1. The zero-order chi connectivity index (χ0) is 19.8. The Labute approximate surface area is 170 Å². The van der Waals surface area contributed by atoms with Gasteiger partial charge in [-0.05, 0) is 17.5 Å². The number of piperazine rings is 1. The van der Waals surface area contributed by atoms with Gasteiger partial charge in [0, 0.05) is 31.9 Å². The van der Waals surface area contributed by atoms with E-state index < -0.39 is 5.41 Å². The van der Waals surface area contributed by atoms with E-state index in [1.54, 1.807) is 0 Å². The molecule has 0 aromatic heterocycles. The number of rotatable bonds is 6. The first-order valence-electron chi connectivity index (χ1n) is 9.47. The molecule has 2 aromatic carbocycles. The molecule has 1 amide bonds. The normalized spacial score (nSPS) is 15.2. The van der Waals surface area contributed by atoms with Crippen molar-refractivity contribution >= 4 is 17.0 Å². The summed E-state index contributed by atoms with van der Waals surface area (Å²) in [7, 11) is 0. The molecule has 0 aliphatic carbocycles. The maximum Gasteiger partial charge on any atom is 0.281 e. The van der Waals surface area contributed by atoms with Gasteiger partial charge in [-0.1, -0.05) is 72.4 Å². The van der Waals surface area contributed by atoms with Crippen molar-refractivity contribution in [1.82, 2.24) is 9.80 Å². The van der Waals surface area contributed by atoms with Crippen molar-refractivity contribution in [2.45, 2.75) is 11.8 Å². The minimum absolute atomic E-state index is 0.0357. The number of aliphatic hydroxyl groups is 1. The second-order valence-corrected chi connectivity index (χ2v) is 7.91. The van der Waals surface area contributed by atoms with Crippen LogP contribution in [-0.2, 0) is 5.41 Å². The number of aliphatic hydroxyl groups excluding tert-OH is 1. The van der Waals surface area contributed by atoms with E-state index in [1.165, 1.54) is 11.8 Å². The van der Waals surface area contributed by atoms with Gasteiger partial charge in [0.25, 0.3) is 5.24 Å². The molecule has 0 saturated carbocycles. The molecule has 0 radical (unpaired) electrons. The second kappa shape index (κ2) is 9.74. The summed E-state index contributed by atoms with van der Waals surface area (Å²) in [5, 5.41) is 19.4. The summed E-state index contributed by atoms with van der Waals surface area (Å²) in [6, 6.07) is 22.2. The topological polar surface area (TPSA) is 67.6 Å². The summed E-state index contributed by atoms with van der Waals surface area (Å²) in [6.45, 7) is 2.69. The van der Waals surface area contributed by atoms with E-state index in [1.807, 2.05) is 70.5 Å². The highest BCUT2D eigenvalue weighted by Crippen LogP contribution is 2.36. The molecule has 1 fully saturated rings. The number of benzene rings is 2. The largest absolute Gasteiger partial charge is 0.381 e. The summed E-state index contributed by atoms with van der Waals surface area (Å²) in [5.74, 6) is 0.566. The number of thioether (sulfide) groups is 1. The quantitative estimate of drug-likeness (QED) is 0.813. The SMILES string of the molecule is N#CC(CCSC(=O)N1CCN(CO)CC1)(c1ccccc1)c1ccccc1. The van der Waals surface area contributed by atoms with Gasteiger partial charge in [0.15, 0.2) is 0 Å². The van der Waals surface area contributed by atoms with E-state index >= 15 is 0 Å². The van der Waals surface area contributed by atoms with E-state index in [4.69, 9.17) is 0 Å². The van der Waals surface area contributed by atoms with Crippen molar-refractivity contribution in [3.05, 3.63) is 71.8 Å². The van der Waals surface area contributed by atoms with Crippen molar-refractivity contribution in [2.75, 3.05) is 38.7 Å². The van der Waals surface area contributed by atoms with Gasteiger partial charge in [0.1, 0.15) is 5.41 Å². The van der Waals surface area contributed by atoms with Crippen LogP contribution in [-0.4, -0.2) is 58.8 Å². The van der Waals surface area contributed by atoms with Crippen LogP contribution in [0.5, 0.6) is 0 Å². The summed E-state index contributed by atoms with van der Waals surface area (Å²) in [4.78, 5) is 16.3. The molecule has 1 aliphatic heterocycles. The number of nitrogens with zero attached hydrogens (tertiary/aromatic N) is 3. The minimum atomic E-state index is -0.772. The van der Waals surface area contributed by atoms with Gasteiger partial charge in [-0.2, -0.15) is 5.26 Å². The Morgan fingerprint density at radius 3 is 2.00 bits per heavy atom. The third kappa shape index (κ3) is 4.56. The smallest absolute Gasteiger partial charge is 0.281 e. The molecule has 3 rings (SSSR count). The summed E-state index contributed by atoms with van der Waals surface area (Å²) < 4.78 is 0. The number of nitriles is 1. The first-order valence-corrected chi connectivity index (χ1v) is 10.5. The lowest BCUT2D eigenvalue weighted by Crippen LogP contribution is -2.47. The van der Waals surface area contributed by atoms with Crippen molar-refractivity contribution in [1.29, 1.82) is 5.26 Å². The summed E-state index contributed by atoms with van der Waals surface area (Å²) >= 11 is 1.28. The first-order chi connectivity index (χ1) is 13.7. The van der Waals surface area contributed by atoms with E-state index in [0.29, 0.717) is 38.4 Å². The van der Waals surface area contributed by atoms with Crippen LogP contribution < -0.4 is 0 Å². The zero-order valence-corrected chi connectivity index (χ0v) is 16.6. The molecular weight excluding hydrogens is 370 g/mol. The Morgan fingerprint density at radius 2 is 1.54 bits per heavy atom. The Bertz CT molecular complexity index is 760. The molecule has 2 aromatic rings. The van der Waals surface area contributed by atoms with Crippen molar-refractivity contribution in [2.24, 2.45) is 0 Å². The highest BCUT2D eigenvalue weighted by molar-refractivity contribution is 8.13. The molecule has 1 heterocycles. The van der Waals surface area contributed by atoms with Gasteiger partial charge >= 0.3 is 0 Å². The summed E-state index contributed by atoms with van der Waals surface area (Å²) in [6.07, 6.45) is 0.560. The van der Waals surface area contributed by atoms with E-state index in [9.17, 15) is 15.2 Å². The Hall–Kier alpha value is -2.33. The van der Waals surface area contributed by atoms with Crippen molar-refractivity contribution in [3.8, 4) is 6.07 Å². The lowest BCUT2D eigenvalue weighted by Gasteiger charge is -2.33. The highest BCUT2D eigenvalue weighted by atomic mass is 32.2. The third-order valence-corrected chi connectivity index (χ3v) is 6.17. The molecule has 0 unspecified atom stereocenters. The Kier molecular flexibility index (Phi) is 7.10. The molecule has 5 nitrogen and oxygen atoms in total. The Balaban J connectivity index is 1.69. The fourth-order valence-electron chi connectivity index (χ4n) is 3.54. The lowest BCUT2D eigenvalue weighted by molar-refractivity contribution is 0.0684. The molecular formula is C22H25N3O2S. The van der Waals surface area contributed by atoms with Gasteiger partial charge in [-0.15, -0.1) is 0 Å². The fraction of sp³-hybridized carbons (Fsp3) is 0.364. The van der Waals surface area contributed by atoms with Crippen LogP contribution in [0.15, 0.2) is 60.7 Å². The number of carbonyl (C=O) groups excluding carboxylic acids is 1. The van der Waals surface area contributed by atoms with E-state index in [-0.39, 0.29) is 12.0 Å². The molecule has 0 spiro atoms. The van der Waals surface area contributed by atoms with Gasteiger partial charge in [0.05, 0.1) is 12.8 Å². The maximum atomic E-state index is 12.6. The first kappa shape index (κ1) is 20.4. The van der Waals surface area contributed by atoms with Crippen LogP contribution in [0.25, 0.3) is 0 Å². The van der Waals surface area contributed by atoms with E-state index in [2.05, 4.69) is 6.07 Å². The van der Waals surface area contributed by atoms with Crippen molar-refractivity contribution < 1.29 is 9.90 Å². The van der Waals surface area contributed by atoms with Gasteiger partial charge in [-0.3, -0.25) is 9.69 Å². The molecule has 28 heavy (non-hydrogen) atoms. The van der Waals surface area contributed by atoms with Crippen LogP contribution in [0.3, 0.4) is 0 Å². The molecule has 6 heteroatoms. The third-order valence-electron chi connectivity index (χ3n) is 5.26. The average molecular weight is 396 g/mol. The highest BCUT2D eigenvalue weighted by Gasteiger charge is 2.34. The predicted molar refractivity (Wildman–Crippen MR) is 112 cm³/mol. The van der Waals surface area contributed by atoms with Crippen LogP contribution >= 0.6 is 11.8 Å². The molecule has 0 bridgehead atoms. The lowest BCUT2D eigenvalue weighted by atomic mass is 9.74. The maximum absolute atomic E-state index is 12.6. The van der Waals surface area contributed by atoms with Gasteiger partial charge in [0.2, 0.25) is 0 Å². The molecule has 0 atom stereocenters. The van der Waals surface area contributed by atoms with Gasteiger partial charge < -0.3 is 10.0 Å². The van der Waals surface area contributed by atoms with Crippen LogP contribution in [0, 0.1) is 11.3 Å². The average Bonchev–Trinajstić information content (AvgIpc) is 2.78. The van der Waals surface area contributed by atoms with Crippen molar-refractivity contribution in [3.63, 3.8) is 0 Å². The fourth-order valence-corrected chi connectivity index (χ4v) is 4.49. The number of hydrogen-bond acceptors (Lipinski definition) is 5. The number of hydrogen-bond donors (Lipinski definition) is 1. The van der Waals surface area contributed by atoms with Crippen LogP contribution in [0.1, 0.15) is 17.5 Å². The Morgan fingerprint density at radius 1 is 1.00 bits per heavy atom. The second-order valence-electron chi connectivity index (χ2n) is 6.86. The number of amides is 1. The van der Waals surface area contributed by atoms with Crippen LogP contribution in [0.4, 0.5) is 4.79 Å². The monoisotopic (exact) mass is 395 g/mol. The van der Waals surface area contributed by atoms with Gasteiger partial charge in [-0.25, -0.2) is 0 Å². The molecule has 1 saturated heterocycles. The standard InChI is InChI=1S/C22H25N3O2S/c23-17-22(19-7-3-1-4-8-19,20-9-5-2-6-10-20)11-16-28-21(27)25-14-12-24(18-26)13-15-25/h1-10,26H,11-16,18H2. The molecule has 146 valence electrons. The van der Waals surface area contributed by atoms with E-state index in [0.717, 1.165) is 11.1 Å². The molecule has 1 aliphatic rings. The molecule has 1 N–H and O–H groups in total. The van der Waals surface area contributed by atoms with Crippen LogP contribution in [0.2, 0.25) is 0 Å². The zero-order valence-electron chi connectivity index (χ0n) is 15.8.